The van der Waals surface area contributed by atoms with Crippen LogP contribution in [0, 0.1) is 5.92 Å². The van der Waals surface area contributed by atoms with E-state index in [2.05, 4.69) is 17.1 Å². The van der Waals surface area contributed by atoms with Crippen LogP contribution in [-0.2, 0) is 11.3 Å². The van der Waals surface area contributed by atoms with Crippen LogP contribution in [0.3, 0.4) is 0 Å². The summed E-state index contributed by atoms with van der Waals surface area (Å²) in [4.78, 5) is 27.3. The second-order valence-electron chi connectivity index (χ2n) is 7.81. The Balaban J connectivity index is 1.66. The number of amides is 1. The maximum absolute atomic E-state index is 13.0. The monoisotopic (exact) mass is 413 g/mol. The average Bonchev–Trinajstić information content (AvgIpc) is 3.44. The van der Waals surface area contributed by atoms with E-state index in [1.54, 1.807) is 4.57 Å². The molecule has 0 bridgehead atoms. The molecule has 0 atom stereocenters. The highest BCUT2D eigenvalue weighted by Crippen LogP contribution is 2.29. The second kappa shape index (κ2) is 8.57. The molecule has 0 N–H and O–H groups in total. The molecule has 7 nitrogen and oxygen atoms in total. The molecular formula is C21H27N5O2S. The van der Waals surface area contributed by atoms with E-state index in [0.717, 1.165) is 31.3 Å². The Morgan fingerprint density at radius 2 is 2.03 bits per heavy atom. The van der Waals surface area contributed by atoms with Crippen molar-refractivity contribution < 1.29 is 4.79 Å². The molecule has 0 aliphatic heterocycles. The zero-order valence-corrected chi connectivity index (χ0v) is 17.8. The first-order chi connectivity index (χ1) is 14.1. The molecule has 0 radical (unpaired) electrons. The van der Waals surface area contributed by atoms with Gasteiger partial charge in [0.2, 0.25) is 11.7 Å². The minimum Gasteiger partial charge on any atom is -0.345 e. The van der Waals surface area contributed by atoms with E-state index in [9.17, 15) is 9.59 Å². The molecule has 2 aromatic heterocycles. The van der Waals surface area contributed by atoms with Gasteiger partial charge in [0.05, 0.1) is 16.7 Å². The minimum atomic E-state index is -0.0339. The van der Waals surface area contributed by atoms with E-state index in [1.165, 1.54) is 24.6 Å². The van der Waals surface area contributed by atoms with E-state index in [0.29, 0.717) is 34.5 Å². The topological polar surface area (TPSA) is 72.5 Å². The van der Waals surface area contributed by atoms with Crippen LogP contribution in [-0.4, -0.2) is 49.3 Å². The molecule has 1 amide bonds. The number of rotatable bonds is 9. The van der Waals surface area contributed by atoms with E-state index in [-0.39, 0.29) is 11.5 Å². The van der Waals surface area contributed by atoms with Crippen molar-refractivity contribution >= 4 is 34.3 Å². The number of nitrogens with zero attached hydrogens (tertiary/aromatic N) is 5. The lowest BCUT2D eigenvalue weighted by Crippen LogP contribution is -2.30. The van der Waals surface area contributed by atoms with Crippen LogP contribution in [0.15, 0.2) is 34.2 Å². The zero-order valence-electron chi connectivity index (χ0n) is 17.0. The molecule has 0 spiro atoms. The third-order valence-electron chi connectivity index (χ3n) is 5.44. The predicted octanol–water partition coefficient (Wildman–Crippen LogP) is 3.19. The first kappa shape index (κ1) is 19.9. The lowest BCUT2D eigenvalue weighted by molar-refractivity contribution is -0.127. The second-order valence-corrected chi connectivity index (χ2v) is 8.75. The van der Waals surface area contributed by atoms with Crippen molar-refractivity contribution in [3.63, 3.8) is 0 Å². The van der Waals surface area contributed by atoms with Gasteiger partial charge in [-0.3, -0.25) is 18.6 Å². The van der Waals surface area contributed by atoms with Gasteiger partial charge < -0.3 is 4.90 Å². The number of carbonyl (C=O) groups excluding carboxylic acids is 1. The number of para-hydroxylation sites is 1. The Morgan fingerprint density at radius 1 is 1.24 bits per heavy atom. The highest BCUT2D eigenvalue weighted by atomic mass is 32.2. The van der Waals surface area contributed by atoms with Crippen LogP contribution in [0.5, 0.6) is 0 Å². The van der Waals surface area contributed by atoms with Gasteiger partial charge in [-0.1, -0.05) is 43.7 Å². The largest absolute Gasteiger partial charge is 0.345 e. The molecule has 29 heavy (non-hydrogen) atoms. The zero-order chi connectivity index (χ0) is 20.4. The maximum Gasteiger partial charge on any atom is 0.262 e. The molecule has 3 aromatic rings. The molecule has 1 fully saturated rings. The molecule has 0 unspecified atom stereocenters. The normalized spacial score (nSPS) is 14.0. The summed E-state index contributed by atoms with van der Waals surface area (Å²) in [7, 11) is 1.87. The number of carbonyl (C=O) groups is 1. The Kier molecular flexibility index (Phi) is 5.89. The molecule has 154 valence electrons. The Hall–Kier alpha value is -2.35. The summed E-state index contributed by atoms with van der Waals surface area (Å²) >= 11 is 1.38. The summed E-state index contributed by atoms with van der Waals surface area (Å²) in [5, 5.41) is 9.94. The van der Waals surface area contributed by atoms with Crippen LogP contribution in [0.4, 0.5) is 0 Å². The SMILES string of the molecule is CCCCCn1c(=O)c2ccccc2n2c(SCC(=O)N(C)CC3CC3)nnc12. The lowest BCUT2D eigenvalue weighted by Gasteiger charge is -2.16. The molecule has 1 aliphatic carbocycles. The number of hydrogen-bond acceptors (Lipinski definition) is 5. The molecule has 8 heteroatoms. The first-order valence-electron chi connectivity index (χ1n) is 10.3. The number of unbranched alkanes of at least 4 members (excludes halogenated alkanes) is 2. The van der Waals surface area contributed by atoms with E-state index in [1.807, 2.05) is 40.6 Å². The van der Waals surface area contributed by atoms with Crippen LogP contribution < -0.4 is 5.56 Å². The fraction of sp³-hybridized carbons (Fsp3) is 0.524. The van der Waals surface area contributed by atoms with Gasteiger partial charge in [0.1, 0.15) is 0 Å². The summed E-state index contributed by atoms with van der Waals surface area (Å²) in [6.45, 7) is 3.59. The van der Waals surface area contributed by atoms with Crippen molar-refractivity contribution in [2.45, 2.75) is 50.7 Å². The van der Waals surface area contributed by atoms with Gasteiger partial charge in [-0.2, -0.15) is 0 Å². The molecule has 2 heterocycles. The summed E-state index contributed by atoms with van der Waals surface area (Å²) in [5.74, 6) is 1.63. The molecule has 0 saturated heterocycles. The van der Waals surface area contributed by atoms with Gasteiger partial charge in [0.25, 0.3) is 5.56 Å². The van der Waals surface area contributed by atoms with Crippen molar-refractivity contribution in [2.75, 3.05) is 19.3 Å². The van der Waals surface area contributed by atoms with Gasteiger partial charge >= 0.3 is 0 Å². The number of benzene rings is 1. The van der Waals surface area contributed by atoms with Gasteiger partial charge in [-0.25, -0.2) is 0 Å². The Bertz CT molecular complexity index is 1090. The first-order valence-corrected chi connectivity index (χ1v) is 11.3. The van der Waals surface area contributed by atoms with Crippen molar-refractivity contribution in [3.05, 3.63) is 34.6 Å². The highest BCUT2D eigenvalue weighted by Gasteiger charge is 2.25. The predicted molar refractivity (Wildman–Crippen MR) is 115 cm³/mol. The molecule has 1 aliphatic rings. The van der Waals surface area contributed by atoms with E-state index >= 15 is 0 Å². The summed E-state index contributed by atoms with van der Waals surface area (Å²) in [6.07, 6.45) is 5.51. The van der Waals surface area contributed by atoms with Crippen LogP contribution >= 0.6 is 11.8 Å². The number of thioether (sulfide) groups is 1. The molecular weight excluding hydrogens is 386 g/mol. The highest BCUT2D eigenvalue weighted by molar-refractivity contribution is 7.99. The number of fused-ring (bicyclic) bond motifs is 3. The third kappa shape index (κ3) is 4.17. The fourth-order valence-electron chi connectivity index (χ4n) is 3.57. The lowest BCUT2D eigenvalue weighted by atomic mass is 10.2. The maximum atomic E-state index is 13.0. The smallest absolute Gasteiger partial charge is 0.262 e. The Morgan fingerprint density at radius 3 is 2.79 bits per heavy atom. The number of aryl methyl sites for hydroxylation is 1. The number of aromatic nitrogens is 4. The van der Waals surface area contributed by atoms with E-state index in [4.69, 9.17) is 0 Å². The summed E-state index contributed by atoms with van der Waals surface area (Å²) < 4.78 is 3.64. The van der Waals surface area contributed by atoms with Crippen LogP contribution in [0.25, 0.3) is 16.7 Å². The summed E-state index contributed by atoms with van der Waals surface area (Å²) in [5.41, 5.74) is 0.749. The van der Waals surface area contributed by atoms with Gasteiger partial charge in [0.15, 0.2) is 5.16 Å². The standard InChI is InChI=1S/C21H27N5O2S/c1-3-4-7-12-25-19(28)16-8-5-6-9-17(16)26-20(25)22-23-21(26)29-14-18(27)24(2)13-15-10-11-15/h5-6,8-9,15H,3-4,7,10-14H2,1-2H3. The molecule has 4 rings (SSSR count). The van der Waals surface area contributed by atoms with Crippen molar-refractivity contribution in [2.24, 2.45) is 5.92 Å². The van der Waals surface area contributed by atoms with Gasteiger partial charge in [-0.15, -0.1) is 10.2 Å². The van der Waals surface area contributed by atoms with Crippen LogP contribution in [0.2, 0.25) is 0 Å². The van der Waals surface area contributed by atoms with Crippen molar-refractivity contribution in [3.8, 4) is 0 Å². The summed E-state index contributed by atoms with van der Waals surface area (Å²) in [6, 6.07) is 7.54. The van der Waals surface area contributed by atoms with Crippen LogP contribution in [0.1, 0.15) is 39.0 Å². The van der Waals surface area contributed by atoms with Gasteiger partial charge in [0, 0.05) is 20.1 Å². The quantitative estimate of drug-likeness (QED) is 0.398. The number of hydrogen-bond donors (Lipinski definition) is 0. The fourth-order valence-corrected chi connectivity index (χ4v) is 4.46. The third-order valence-corrected chi connectivity index (χ3v) is 6.36. The average molecular weight is 414 g/mol. The van der Waals surface area contributed by atoms with Crippen molar-refractivity contribution in [1.82, 2.24) is 24.1 Å². The minimum absolute atomic E-state index is 0.0339. The van der Waals surface area contributed by atoms with Crippen molar-refractivity contribution in [1.29, 1.82) is 0 Å². The van der Waals surface area contributed by atoms with Gasteiger partial charge in [-0.05, 0) is 37.3 Å². The van der Waals surface area contributed by atoms with E-state index < -0.39 is 0 Å². The Labute approximate surface area is 174 Å². The molecule has 1 aromatic carbocycles. The molecule has 1 saturated carbocycles.